The quantitative estimate of drug-likeness (QED) is 0.809. The van der Waals surface area contributed by atoms with Crippen molar-refractivity contribution >= 4 is 10.0 Å². The van der Waals surface area contributed by atoms with Gasteiger partial charge in [0.25, 0.3) is 0 Å². The zero-order valence-corrected chi connectivity index (χ0v) is 14.2. The Morgan fingerprint density at radius 1 is 1.12 bits per heavy atom. The fourth-order valence-corrected chi connectivity index (χ4v) is 2.98. The third-order valence-corrected chi connectivity index (χ3v) is 4.71. The second kappa shape index (κ2) is 7.83. The van der Waals surface area contributed by atoms with Crippen LogP contribution in [0.15, 0.2) is 47.5 Å². The van der Waals surface area contributed by atoms with E-state index in [0.29, 0.717) is 5.56 Å². The number of ether oxygens (including phenoxy) is 1. The molecule has 0 aliphatic heterocycles. The molecule has 2 rings (SSSR count). The maximum Gasteiger partial charge on any atom is 0.422 e. The van der Waals surface area contributed by atoms with Crippen molar-refractivity contribution in [2.75, 3.05) is 6.61 Å². The highest BCUT2D eigenvalue weighted by Gasteiger charge is 2.28. The van der Waals surface area contributed by atoms with Crippen LogP contribution in [-0.4, -0.2) is 26.2 Å². The summed E-state index contributed by atoms with van der Waals surface area (Å²) in [5.74, 6) is -0.221. The predicted octanol–water partition coefficient (Wildman–Crippen LogP) is 3.06. The zero-order chi connectivity index (χ0) is 18.5. The molecule has 136 valence electrons. The molecule has 1 N–H and O–H groups in total. The van der Waals surface area contributed by atoms with Crippen LogP contribution in [0.25, 0.3) is 0 Å². The molecule has 0 amide bonds. The van der Waals surface area contributed by atoms with Gasteiger partial charge >= 0.3 is 6.18 Å². The molecular formula is C16H17F3N2O3S. The zero-order valence-electron chi connectivity index (χ0n) is 13.4. The number of benzene rings is 1. The smallest absolute Gasteiger partial charge is 0.422 e. The minimum atomic E-state index is -4.47. The summed E-state index contributed by atoms with van der Waals surface area (Å²) in [6, 6.07) is 9.21. The van der Waals surface area contributed by atoms with Crippen molar-refractivity contribution in [1.82, 2.24) is 9.71 Å². The molecule has 0 saturated heterocycles. The van der Waals surface area contributed by atoms with E-state index >= 15 is 0 Å². The van der Waals surface area contributed by atoms with Gasteiger partial charge in [-0.1, -0.05) is 19.1 Å². The Hall–Kier alpha value is -2.13. The Kier molecular flexibility index (Phi) is 6.02. The average molecular weight is 374 g/mol. The van der Waals surface area contributed by atoms with Crippen LogP contribution < -0.4 is 9.46 Å². The fourth-order valence-electron chi connectivity index (χ4n) is 1.96. The SMILES string of the molecule is CCc1ccc(S(=O)(=O)NCc2ccnc(OCC(F)(F)F)c2)cc1. The van der Waals surface area contributed by atoms with Crippen LogP contribution in [0.3, 0.4) is 0 Å². The number of sulfonamides is 1. The van der Waals surface area contributed by atoms with Gasteiger partial charge in [0.1, 0.15) is 0 Å². The number of aryl methyl sites for hydroxylation is 1. The molecule has 0 spiro atoms. The van der Waals surface area contributed by atoms with E-state index in [-0.39, 0.29) is 17.3 Å². The van der Waals surface area contributed by atoms with E-state index in [1.807, 2.05) is 6.92 Å². The van der Waals surface area contributed by atoms with Gasteiger partial charge in [-0.3, -0.25) is 0 Å². The summed E-state index contributed by atoms with van der Waals surface area (Å²) in [7, 11) is -3.72. The molecule has 1 heterocycles. The van der Waals surface area contributed by atoms with Gasteiger partial charge in [-0.15, -0.1) is 0 Å². The van der Waals surface area contributed by atoms with Crippen molar-refractivity contribution in [1.29, 1.82) is 0 Å². The van der Waals surface area contributed by atoms with Gasteiger partial charge in [-0.05, 0) is 35.7 Å². The highest BCUT2D eigenvalue weighted by Crippen LogP contribution is 2.18. The monoisotopic (exact) mass is 374 g/mol. The van der Waals surface area contributed by atoms with E-state index in [1.165, 1.54) is 30.5 Å². The molecule has 1 aromatic heterocycles. The van der Waals surface area contributed by atoms with E-state index in [2.05, 4.69) is 14.4 Å². The fraction of sp³-hybridized carbons (Fsp3) is 0.312. The number of alkyl halides is 3. The molecule has 0 fully saturated rings. The van der Waals surface area contributed by atoms with Crippen LogP contribution in [0, 0.1) is 0 Å². The van der Waals surface area contributed by atoms with Gasteiger partial charge in [-0.2, -0.15) is 13.2 Å². The standard InChI is InChI=1S/C16H17F3N2O3S/c1-2-12-3-5-14(6-4-12)25(22,23)21-10-13-7-8-20-15(9-13)24-11-16(17,18)19/h3-9,21H,2,10-11H2,1H3. The van der Waals surface area contributed by atoms with E-state index in [9.17, 15) is 21.6 Å². The first-order chi connectivity index (χ1) is 11.7. The highest BCUT2D eigenvalue weighted by molar-refractivity contribution is 7.89. The van der Waals surface area contributed by atoms with Crippen molar-refractivity contribution in [3.05, 3.63) is 53.7 Å². The molecule has 0 aliphatic rings. The Balaban J connectivity index is 2.02. The molecule has 2 aromatic rings. The van der Waals surface area contributed by atoms with E-state index in [0.717, 1.165) is 12.0 Å². The van der Waals surface area contributed by atoms with Gasteiger partial charge in [-0.25, -0.2) is 18.1 Å². The van der Waals surface area contributed by atoms with Crippen LogP contribution in [0.2, 0.25) is 0 Å². The third-order valence-electron chi connectivity index (χ3n) is 3.29. The lowest BCUT2D eigenvalue weighted by Gasteiger charge is -2.10. The first-order valence-electron chi connectivity index (χ1n) is 7.43. The lowest BCUT2D eigenvalue weighted by atomic mass is 10.2. The van der Waals surface area contributed by atoms with Gasteiger partial charge in [0.2, 0.25) is 15.9 Å². The summed E-state index contributed by atoms with van der Waals surface area (Å²) >= 11 is 0. The van der Waals surface area contributed by atoms with Gasteiger partial charge < -0.3 is 4.74 Å². The molecule has 0 radical (unpaired) electrons. The number of hydrogen-bond donors (Lipinski definition) is 1. The van der Waals surface area contributed by atoms with Gasteiger partial charge in [0, 0.05) is 18.8 Å². The number of rotatable bonds is 7. The highest BCUT2D eigenvalue weighted by atomic mass is 32.2. The Morgan fingerprint density at radius 3 is 2.40 bits per heavy atom. The number of pyridine rings is 1. The van der Waals surface area contributed by atoms with Crippen molar-refractivity contribution in [3.63, 3.8) is 0 Å². The Labute approximate surface area is 143 Å². The van der Waals surface area contributed by atoms with E-state index in [4.69, 9.17) is 0 Å². The first kappa shape index (κ1) is 19.2. The molecule has 0 aliphatic carbocycles. The normalized spacial score (nSPS) is 12.2. The average Bonchev–Trinajstić information content (AvgIpc) is 2.58. The molecule has 0 atom stereocenters. The first-order valence-corrected chi connectivity index (χ1v) is 8.91. The molecule has 0 unspecified atom stereocenters. The van der Waals surface area contributed by atoms with Gasteiger partial charge in [0.05, 0.1) is 4.90 Å². The maximum absolute atomic E-state index is 12.2. The molecule has 0 saturated carbocycles. The summed E-state index contributed by atoms with van der Waals surface area (Å²) < 4.78 is 67.8. The second-order valence-corrected chi connectivity index (χ2v) is 7.00. The lowest BCUT2D eigenvalue weighted by molar-refractivity contribution is -0.154. The summed E-state index contributed by atoms with van der Waals surface area (Å²) in [5.41, 5.74) is 1.44. The largest absolute Gasteiger partial charge is 0.468 e. The van der Waals surface area contributed by atoms with Crippen LogP contribution in [0.5, 0.6) is 5.88 Å². The summed E-state index contributed by atoms with van der Waals surface area (Å²) in [5, 5.41) is 0. The molecule has 9 heteroatoms. The maximum atomic E-state index is 12.2. The van der Waals surface area contributed by atoms with Crippen molar-refractivity contribution < 1.29 is 26.3 Å². The summed E-state index contributed by atoms with van der Waals surface area (Å²) in [6.45, 7) is 0.408. The lowest BCUT2D eigenvalue weighted by Crippen LogP contribution is -2.23. The van der Waals surface area contributed by atoms with Crippen LogP contribution >= 0.6 is 0 Å². The van der Waals surface area contributed by atoms with Crippen LogP contribution in [0.4, 0.5) is 13.2 Å². The van der Waals surface area contributed by atoms with E-state index in [1.54, 1.807) is 12.1 Å². The van der Waals surface area contributed by atoms with Crippen molar-refractivity contribution in [2.24, 2.45) is 0 Å². The van der Waals surface area contributed by atoms with Crippen LogP contribution in [0.1, 0.15) is 18.1 Å². The number of nitrogens with one attached hydrogen (secondary N) is 1. The Morgan fingerprint density at radius 2 is 1.80 bits per heavy atom. The number of halogens is 3. The number of hydrogen-bond acceptors (Lipinski definition) is 4. The van der Waals surface area contributed by atoms with Crippen molar-refractivity contribution in [2.45, 2.75) is 31.0 Å². The summed E-state index contributed by atoms with van der Waals surface area (Å²) in [6.07, 6.45) is -2.42. The summed E-state index contributed by atoms with van der Waals surface area (Å²) in [4.78, 5) is 3.78. The van der Waals surface area contributed by atoms with Crippen LogP contribution in [-0.2, 0) is 23.0 Å². The third kappa shape index (κ3) is 6.02. The minimum Gasteiger partial charge on any atom is -0.468 e. The molecule has 1 aromatic carbocycles. The molecule has 0 bridgehead atoms. The second-order valence-electron chi connectivity index (χ2n) is 5.23. The van der Waals surface area contributed by atoms with Crippen molar-refractivity contribution in [3.8, 4) is 5.88 Å². The number of nitrogens with zero attached hydrogens (tertiary/aromatic N) is 1. The Bertz CT molecular complexity index is 806. The number of aromatic nitrogens is 1. The molecular weight excluding hydrogens is 357 g/mol. The predicted molar refractivity (Wildman–Crippen MR) is 85.6 cm³/mol. The topological polar surface area (TPSA) is 68.3 Å². The minimum absolute atomic E-state index is 0.0945. The molecule has 25 heavy (non-hydrogen) atoms. The van der Waals surface area contributed by atoms with Gasteiger partial charge in [0.15, 0.2) is 6.61 Å². The van der Waals surface area contributed by atoms with E-state index < -0.39 is 22.8 Å². The molecule has 5 nitrogen and oxygen atoms in total.